The molecule has 0 aliphatic carbocycles. The van der Waals surface area contributed by atoms with Gasteiger partial charge in [-0.05, 0) is 25.2 Å². The van der Waals surface area contributed by atoms with E-state index in [2.05, 4.69) is 40.3 Å². The van der Waals surface area contributed by atoms with Gasteiger partial charge in [0.2, 0.25) is 8.32 Å². The van der Waals surface area contributed by atoms with Crippen LogP contribution in [0.15, 0.2) is 60.7 Å². The van der Waals surface area contributed by atoms with Gasteiger partial charge in [-0.25, -0.2) is 0 Å². The van der Waals surface area contributed by atoms with Gasteiger partial charge in [-0.15, -0.1) is 0 Å². The first-order valence-electron chi connectivity index (χ1n) is 6.57. The van der Waals surface area contributed by atoms with Crippen LogP contribution in [0.1, 0.15) is 5.69 Å². The molecule has 0 atom stereocenters. The fourth-order valence-corrected chi connectivity index (χ4v) is 2.76. The van der Waals surface area contributed by atoms with Crippen molar-refractivity contribution in [2.45, 2.75) is 19.5 Å². The first-order chi connectivity index (χ1) is 9.66. The lowest BCUT2D eigenvalue weighted by atomic mass is 10.3. The SMILES string of the molecule is C[Si](C)(/C=C/Cc1cnccn1)ONc1ccccc1. The quantitative estimate of drug-likeness (QED) is 0.653. The third-order valence-electron chi connectivity index (χ3n) is 2.67. The van der Waals surface area contributed by atoms with E-state index >= 15 is 0 Å². The molecule has 0 saturated heterocycles. The van der Waals surface area contributed by atoms with Gasteiger partial charge in [0.15, 0.2) is 0 Å². The number of anilines is 1. The lowest BCUT2D eigenvalue weighted by Gasteiger charge is -2.19. The lowest BCUT2D eigenvalue weighted by molar-refractivity contribution is 0.405. The van der Waals surface area contributed by atoms with Crippen molar-refractivity contribution in [3.8, 4) is 0 Å². The topological polar surface area (TPSA) is 47.0 Å². The van der Waals surface area contributed by atoms with Crippen LogP contribution in [0.5, 0.6) is 0 Å². The lowest BCUT2D eigenvalue weighted by Crippen LogP contribution is -2.30. The summed E-state index contributed by atoms with van der Waals surface area (Å²) in [6.07, 6.45) is 8.04. The monoisotopic (exact) mass is 285 g/mol. The smallest absolute Gasteiger partial charge is 0.246 e. The molecule has 0 spiro atoms. The van der Waals surface area contributed by atoms with Gasteiger partial charge in [0, 0.05) is 25.0 Å². The molecular formula is C15H19N3OSi. The maximum absolute atomic E-state index is 5.82. The molecule has 2 rings (SSSR count). The summed E-state index contributed by atoms with van der Waals surface area (Å²) < 4.78 is 5.82. The average molecular weight is 285 g/mol. The van der Waals surface area contributed by atoms with Crippen molar-refractivity contribution in [1.29, 1.82) is 0 Å². The summed E-state index contributed by atoms with van der Waals surface area (Å²) >= 11 is 0. The highest BCUT2D eigenvalue weighted by Crippen LogP contribution is 2.11. The Morgan fingerprint density at radius 1 is 1.20 bits per heavy atom. The second-order valence-corrected chi connectivity index (χ2v) is 8.72. The van der Waals surface area contributed by atoms with Crippen molar-refractivity contribution in [1.82, 2.24) is 9.97 Å². The molecular weight excluding hydrogens is 266 g/mol. The van der Waals surface area contributed by atoms with Gasteiger partial charge in [-0.1, -0.05) is 30.0 Å². The molecule has 0 radical (unpaired) electrons. The second-order valence-electron chi connectivity index (χ2n) is 4.98. The highest BCUT2D eigenvalue weighted by molar-refractivity contribution is 6.76. The number of para-hydroxylation sites is 1. The van der Waals surface area contributed by atoms with Crippen molar-refractivity contribution < 1.29 is 4.53 Å². The Balaban J connectivity index is 1.84. The van der Waals surface area contributed by atoms with Crippen LogP contribution in [-0.4, -0.2) is 18.3 Å². The van der Waals surface area contributed by atoms with Crippen LogP contribution in [0, 0.1) is 0 Å². The molecule has 0 amide bonds. The summed E-state index contributed by atoms with van der Waals surface area (Å²) in [7, 11) is -1.88. The summed E-state index contributed by atoms with van der Waals surface area (Å²) in [4.78, 5) is 8.28. The first-order valence-corrected chi connectivity index (χ1v) is 9.56. The number of rotatable bonds is 6. The zero-order valence-electron chi connectivity index (χ0n) is 11.8. The minimum atomic E-state index is -1.88. The summed E-state index contributed by atoms with van der Waals surface area (Å²) in [5.74, 6) is 0. The van der Waals surface area contributed by atoms with E-state index < -0.39 is 8.32 Å². The summed E-state index contributed by atoms with van der Waals surface area (Å²) in [5.41, 5.74) is 7.10. The summed E-state index contributed by atoms with van der Waals surface area (Å²) in [6.45, 7) is 4.27. The van der Waals surface area contributed by atoms with Crippen LogP contribution in [0.3, 0.4) is 0 Å². The van der Waals surface area contributed by atoms with Crippen molar-refractivity contribution in [2.24, 2.45) is 0 Å². The van der Waals surface area contributed by atoms with E-state index in [-0.39, 0.29) is 0 Å². The maximum Gasteiger partial charge on any atom is 0.246 e. The molecule has 5 heteroatoms. The van der Waals surface area contributed by atoms with Crippen LogP contribution in [-0.2, 0) is 10.9 Å². The zero-order chi connectivity index (χ0) is 14.3. The fraction of sp³-hybridized carbons (Fsp3) is 0.200. The number of allylic oxidation sites excluding steroid dienone is 1. The number of nitrogens with zero attached hydrogens (tertiary/aromatic N) is 2. The molecule has 104 valence electrons. The number of nitrogens with one attached hydrogen (secondary N) is 1. The van der Waals surface area contributed by atoms with E-state index in [9.17, 15) is 0 Å². The molecule has 1 heterocycles. The standard InChI is InChI=1S/C15H19N3OSi/c1-20(2,19-18-14-7-4-3-5-8-14)12-6-9-15-13-16-10-11-17-15/h3-8,10-13,18H,9H2,1-2H3/b12-6+. The molecule has 2 aromatic rings. The van der Waals surface area contributed by atoms with Crippen LogP contribution in [0.4, 0.5) is 5.69 Å². The molecule has 1 aromatic heterocycles. The largest absolute Gasteiger partial charge is 0.318 e. The zero-order valence-corrected chi connectivity index (χ0v) is 12.8. The average Bonchev–Trinajstić information content (AvgIpc) is 2.47. The molecule has 0 aliphatic heterocycles. The molecule has 20 heavy (non-hydrogen) atoms. The van der Waals surface area contributed by atoms with Crippen molar-refractivity contribution in [3.05, 3.63) is 66.4 Å². The molecule has 0 saturated carbocycles. The Morgan fingerprint density at radius 2 is 2.00 bits per heavy atom. The van der Waals surface area contributed by atoms with Crippen molar-refractivity contribution in [2.75, 3.05) is 5.48 Å². The molecule has 0 fully saturated rings. The number of benzene rings is 1. The third kappa shape index (κ3) is 4.95. The van der Waals surface area contributed by atoms with E-state index in [1.807, 2.05) is 30.3 Å². The molecule has 1 N–H and O–H groups in total. The van der Waals surface area contributed by atoms with E-state index in [1.54, 1.807) is 18.6 Å². The number of hydrogen-bond acceptors (Lipinski definition) is 4. The van der Waals surface area contributed by atoms with E-state index in [0.717, 1.165) is 17.8 Å². The van der Waals surface area contributed by atoms with Crippen LogP contribution >= 0.6 is 0 Å². The molecule has 0 bridgehead atoms. The van der Waals surface area contributed by atoms with Crippen molar-refractivity contribution >= 4 is 14.0 Å². The molecule has 4 nitrogen and oxygen atoms in total. The van der Waals surface area contributed by atoms with Crippen molar-refractivity contribution in [3.63, 3.8) is 0 Å². The highest BCUT2D eigenvalue weighted by Gasteiger charge is 2.19. The van der Waals surface area contributed by atoms with Crippen LogP contribution in [0.2, 0.25) is 13.1 Å². The Hall–Kier alpha value is -1.98. The highest BCUT2D eigenvalue weighted by atomic mass is 28.4. The summed E-state index contributed by atoms with van der Waals surface area (Å²) in [5, 5.41) is 0. The van der Waals surface area contributed by atoms with Gasteiger partial charge in [-0.3, -0.25) is 15.4 Å². The van der Waals surface area contributed by atoms with Crippen LogP contribution in [0.25, 0.3) is 0 Å². The Morgan fingerprint density at radius 3 is 2.70 bits per heavy atom. The predicted octanol–water partition coefficient (Wildman–Crippen LogP) is 3.36. The van der Waals surface area contributed by atoms with Gasteiger partial charge >= 0.3 is 0 Å². The fourth-order valence-electron chi connectivity index (χ4n) is 1.63. The molecule has 0 unspecified atom stereocenters. The first kappa shape index (κ1) is 14.4. The van der Waals surface area contributed by atoms with Gasteiger partial charge < -0.3 is 4.53 Å². The van der Waals surface area contributed by atoms with E-state index in [4.69, 9.17) is 4.53 Å². The Kier molecular flexibility index (Phi) is 5.03. The van der Waals surface area contributed by atoms with Gasteiger partial charge in [-0.2, -0.15) is 0 Å². The number of aromatic nitrogens is 2. The minimum Gasteiger partial charge on any atom is -0.318 e. The Bertz CT molecular complexity index is 544. The third-order valence-corrected chi connectivity index (χ3v) is 4.34. The predicted molar refractivity (Wildman–Crippen MR) is 83.5 cm³/mol. The Labute approximate surface area is 120 Å². The van der Waals surface area contributed by atoms with Gasteiger partial charge in [0.25, 0.3) is 0 Å². The summed E-state index contributed by atoms with van der Waals surface area (Å²) in [6, 6.07) is 9.89. The van der Waals surface area contributed by atoms with E-state index in [1.165, 1.54) is 0 Å². The van der Waals surface area contributed by atoms with E-state index in [0.29, 0.717) is 0 Å². The second kappa shape index (κ2) is 6.98. The maximum atomic E-state index is 5.82. The van der Waals surface area contributed by atoms with Gasteiger partial charge in [0.05, 0.1) is 11.4 Å². The normalized spacial score (nSPS) is 11.7. The van der Waals surface area contributed by atoms with Gasteiger partial charge in [0.1, 0.15) is 0 Å². The molecule has 1 aromatic carbocycles. The van der Waals surface area contributed by atoms with Crippen LogP contribution < -0.4 is 5.48 Å². The molecule has 0 aliphatic rings. The number of hydrogen-bond donors (Lipinski definition) is 1. The minimum absolute atomic E-state index is 0.777.